The summed E-state index contributed by atoms with van der Waals surface area (Å²) in [5.74, 6) is 0. The molecule has 0 unspecified atom stereocenters. The maximum Gasteiger partial charge on any atom is 0.181 e. The van der Waals surface area contributed by atoms with Gasteiger partial charge in [0.25, 0.3) is 0 Å². The van der Waals surface area contributed by atoms with Gasteiger partial charge >= 0.3 is 0 Å². The van der Waals surface area contributed by atoms with E-state index in [0.717, 1.165) is 57.6 Å². The van der Waals surface area contributed by atoms with Crippen molar-refractivity contribution in [3.05, 3.63) is 84.3 Å². The number of hydrogen-bond donors (Lipinski definition) is 3. The summed E-state index contributed by atoms with van der Waals surface area (Å²) in [6, 6.07) is 17.2. The molecule has 1 aromatic carbocycles. The fourth-order valence-electron chi connectivity index (χ4n) is 4.58. The second-order valence-corrected chi connectivity index (χ2v) is 10.3. The summed E-state index contributed by atoms with van der Waals surface area (Å²) in [5.41, 5.74) is 8.78. The molecular weight excluding hydrogens is 464 g/mol. The number of rotatable bonds is 7. The van der Waals surface area contributed by atoms with E-state index in [0.29, 0.717) is 5.65 Å². The highest BCUT2D eigenvalue weighted by atomic mass is 32.1. The van der Waals surface area contributed by atoms with Gasteiger partial charge in [0, 0.05) is 60.8 Å². The van der Waals surface area contributed by atoms with Crippen molar-refractivity contribution in [2.45, 2.75) is 26.7 Å². The zero-order valence-corrected chi connectivity index (χ0v) is 21.0. The van der Waals surface area contributed by atoms with Crippen LogP contribution in [-0.4, -0.2) is 25.1 Å². The largest absolute Gasteiger partial charge is 0.358 e. The molecular formula is C29H26N6S. The van der Waals surface area contributed by atoms with Crippen LogP contribution in [0, 0.1) is 6.92 Å². The van der Waals surface area contributed by atoms with Crippen LogP contribution in [0.3, 0.4) is 0 Å². The zero-order chi connectivity index (χ0) is 24.6. The molecule has 178 valence electrons. The molecule has 0 saturated heterocycles. The van der Waals surface area contributed by atoms with Crippen molar-refractivity contribution in [1.29, 1.82) is 0 Å². The Hall–Kier alpha value is -4.23. The maximum absolute atomic E-state index is 4.63. The first kappa shape index (κ1) is 22.2. The third kappa shape index (κ3) is 4.07. The van der Waals surface area contributed by atoms with Gasteiger partial charge < -0.3 is 10.3 Å². The highest BCUT2D eigenvalue weighted by Gasteiger charge is 2.15. The van der Waals surface area contributed by atoms with Crippen LogP contribution in [0.4, 0.5) is 5.69 Å². The van der Waals surface area contributed by atoms with E-state index in [-0.39, 0.29) is 0 Å². The van der Waals surface area contributed by atoms with Crippen molar-refractivity contribution in [3.8, 4) is 33.0 Å². The summed E-state index contributed by atoms with van der Waals surface area (Å²) in [7, 11) is 0. The molecule has 0 aliphatic heterocycles. The van der Waals surface area contributed by atoms with Gasteiger partial charge in [-0.3, -0.25) is 10.1 Å². The van der Waals surface area contributed by atoms with E-state index in [1.807, 2.05) is 29.9 Å². The molecule has 0 spiro atoms. The van der Waals surface area contributed by atoms with E-state index in [1.165, 1.54) is 20.7 Å². The number of aromatic nitrogens is 5. The molecule has 5 heterocycles. The topological polar surface area (TPSA) is 82.3 Å². The van der Waals surface area contributed by atoms with Crippen LogP contribution in [0.1, 0.15) is 24.6 Å². The summed E-state index contributed by atoms with van der Waals surface area (Å²) in [6.07, 6.45) is 7.49. The van der Waals surface area contributed by atoms with Crippen LogP contribution < -0.4 is 5.32 Å². The van der Waals surface area contributed by atoms with Crippen molar-refractivity contribution < 1.29 is 0 Å². The Balaban J connectivity index is 1.40. The quantitative estimate of drug-likeness (QED) is 0.212. The fraction of sp³-hybridized carbons (Fsp3) is 0.138. The van der Waals surface area contributed by atoms with E-state index < -0.39 is 0 Å². The number of fused-ring (bicyclic) bond motifs is 2. The summed E-state index contributed by atoms with van der Waals surface area (Å²) in [4.78, 5) is 15.2. The van der Waals surface area contributed by atoms with Gasteiger partial charge in [0.1, 0.15) is 0 Å². The Labute approximate surface area is 213 Å². The Bertz CT molecular complexity index is 1720. The zero-order valence-electron chi connectivity index (χ0n) is 20.2. The molecule has 3 N–H and O–H groups in total. The van der Waals surface area contributed by atoms with Crippen molar-refractivity contribution in [2.24, 2.45) is 0 Å². The van der Waals surface area contributed by atoms with Crippen LogP contribution >= 0.6 is 11.3 Å². The Morgan fingerprint density at radius 3 is 2.75 bits per heavy atom. The standard InChI is InChI=1S/C29H26N6S/c1-4-6-17(2)32-21-11-19(14-30-16-21)20-12-24-28(34-35-29(24)31-15-20)26-13-23-22(7-5-8-25(23)33-26)27-10-9-18(3)36-27/h5,7-16,32-33H,2,4,6H2,1,3H3,(H,31,34,35). The molecule has 6 aromatic rings. The second kappa shape index (κ2) is 9.09. The lowest BCUT2D eigenvalue weighted by Crippen LogP contribution is -1.98. The molecule has 0 fully saturated rings. The molecule has 6 rings (SSSR count). The molecule has 0 aliphatic rings. The van der Waals surface area contributed by atoms with E-state index in [2.05, 4.69) is 99.4 Å². The lowest BCUT2D eigenvalue weighted by Gasteiger charge is -2.09. The normalized spacial score (nSPS) is 11.4. The van der Waals surface area contributed by atoms with Crippen LogP contribution in [-0.2, 0) is 0 Å². The summed E-state index contributed by atoms with van der Waals surface area (Å²) in [5, 5.41) is 13.2. The molecule has 0 amide bonds. The first-order valence-corrected chi connectivity index (χ1v) is 12.8. The summed E-state index contributed by atoms with van der Waals surface area (Å²) < 4.78 is 0. The lowest BCUT2D eigenvalue weighted by molar-refractivity contribution is 0.913. The highest BCUT2D eigenvalue weighted by molar-refractivity contribution is 7.15. The smallest absolute Gasteiger partial charge is 0.181 e. The summed E-state index contributed by atoms with van der Waals surface area (Å²) in [6.45, 7) is 8.38. The van der Waals surface area contributed by atoms with E-state index in [9.17, 15) is 0 Å². The number of H-pyrrole nitrogens is 2. The molecule has 0 bridgehead atoms. The minimum Gasteiger partial charge on any atom is -0.358 e. The predicted molar refractivity (Wildman–Crippen MR) is 150 cm³/mol. The number of aromatic amines is 2. The summed E-state index contributed by atoms with van der Waals surface area (Å²) >= 11 is 1.81. The number of pyridine rings is 2. The molecule has 0 atom stereocenters. The SMILES string of the molecule is C=C(CCC)Nc1cncc(-c2cnc3n[nH]c(-c4cc5c(-c6ccc(C)s6)cccc5[nH]4)c3c2)c1. The van der Waals surface area contributed by atoms with E-state index >= 15 is 0 Å². The monoisotopic (exact) mass is 490 g/mol. The fourth-order valence-corrected chi connectivity index (χ4v) is 5.49. The molecule has 0 saturated carbocycles. The van der Waals surface area contributed by atoms with Crippen molar-refractivity contribution in [1.82, 2.24) is 25.1 Å². The molecule has 36 heavy (non-hydrogen) atoms. The Kier molecular flexibility index (Phi) is 5.62. The number of nitrogens with one attached hydrogen (secondary N) is 3. The van der Waals surface area contributed by atoms with Gasteiger partial charge in [-0.2, -0.15) is 5.10 Å². The van der Waals surface area contributed by atoms with Gasteiger partial charge in [-0.05, 0) is 49.7 Å². The molecule has 0 aliphatic carbocycles. The molecule has 5 aromatic heterocycles. The van der Waals surface area contributed by atoms with Gasteiger partial charge in [-0.15, -0.1) is 11.3 Å². The average Bonchev–Trinajstić information content (AvgIpc) is 3.61. The third-order valence-electron chi connectivity index (χ3n) is 6.29. The van der Waals surface area contributed by atoms with Crippen molar-refractivity contribution in [2.75, 3.05) is 5.32 Å². The van der Waals surface area contributed by atoms with Gasteiger partial charge in [-0.25, -0.2) is 4.98 Å². The number of nitrogens with zero attached hydrogens (tertiary/aromatic N) is 3. The number of benzene rings is 1. The van der Waals surface area contributed by atoms with Crippen LogP contribution in [0.15, 0.2) is 79.4 Å². The second-order valence-electron chi connectivity index (χ2n) is 8.99. The highest BCUT2D eigenvalue weighted by Crippen LogP contribution is 2.37. The van der Waals surface area contributed by atoms with Crippen molar-refractivity contribution in [3.63, 3.8) is 0 Å². The van der Waals surface area contributed by atoms with E-state index in [1.54, 1.807) is 0 Å². The van der Waals surface area contributed by atoms with Crippen LogP contribution in [0.5, 0.6) is 0 Å². The van der Waals surface area contributed by atoms with Gasteiger partial charge in [0.05, 0.1) is 23.3 Å². The maximum atomic E-state index is 4.63. The number of thiophene rings is 1. The average molecular weight is 491 g/mol. The minimum atomic E-state index is 0.681. The van der Waals surface area contributed by atoms with Gasteiger partial charge in [0.15, 0.2) is 5.65 Å². The lowest BCUT2D eigenvalue weighted by atomic mass is 10.1. The van der Waals surface area contributed by atoms with E-state index in [4.69, 9.17) is 0 Å². The van der Waals surface area contributed by atoms with Crippen LogP contribution in [0.25, 0.3) is 54.9 Å². The number of allylic oxidation sites excluding steroid dienone is 1. The van der Waals surface area contributed by atoms with Crippen LogP contribution in [0.2, 0.25) is 0 Å². The third-order valence-corrected chi connectivity index (χ3v) is 7.33. The number of anilines is 1. The molecule has 7 heteroatoms. The predicted octanol–water partition coefficient (Wildman–Crippen LogP) is 7.93. The first-order valence-electron chi connectivity index (χ1n) is 12.0. The van der Waals surface area contributed by atoms with Gasteiger partial charge in [-0.1, -0.05) is 32.1 Å². The van der Waals surface area contributed by atoms with Gasteiger partial charge in [0.2, 0.25) is 0 Å². The first-order chi connectivity index (χ1) is 17.6. The minimum absolute atomic E-state index is 0.681. The molecule has 6 nitrogen and oxygen atoms in total. The Morgan fingerprint density at radius 1 is 1.03 bits per heavy atom. The Morgan fingerprint density at radius 2 is 1.92 bits per heavy atom. The molecule has 0 radical (unpaired) electrons. The number of hydrogen-bond acceptors (Lipinski definition) is 5. The van der Waals surface area contributed by atoms with Crippen molar-refractivity contribution >= 4 is 39.0 Å². The number of aryl methyl sites for hydroxylation is 1.